The van der Waals surface area contributed by atoms with Crippen molar-refractivity contribution in [3.8, 4) is 0 Å². The molecule has 2 saturated carbocycles. The van der Waals surface area contributed by atoms with E-state index in [1.165, 1.54) is 6.42 Å². The summed E-state index contributed by atoms with van der Waals surface area (Å²) >= 11 is 0. The molecule has 2 rings (SSSR count). The molecule has 16 heavy (non-hydrogen) atoms. The first-order valence-corrected chi connectivity index (χ1v) is 6.26. The van der Waals surface area contributed by atoms with E-state index in [0.717, 1.165) is 12.3 Å². The minimum Gasteiger partial charge on any atom is -0.411 e. The minimum atomic E-state index is 0.388. The predicted molar refractivity (Wildman–Crippen MR) is 65.8 cm³/mol. The van der Waals surface area contributed by atoms with Crippen LogP contribution < -0.4 is 0 Å². The molecule has 0 heterocycles. The maximum Gasteiger partial charge on any atom is 0.0651 e. The Morgan fingerprint density at radius 3 is 2.56 bits per heavy atom. The smallest absolute Gasteiger partial charge is 0.0651 e. The lowest BCUT2D eigenvalue weighted by atomic mass is 9.64. The molecule has 3 heteroatoms. The fourth-order valence-corrected chi connectivity index (χ4v) is 3.94. The first-order valence-electron chi connectivity index (χ1n) is 6.26. The largest absolute Gasteiger partial charge is 0.411 e. The van der Waals surface area contributed by atoms with Crippen LogP contribution in [0.25, 0.3) is 0 Å². The summed E-state index contributed by atoms with van der Waals surface area (Å²) in [6.07, 6.45) is 1.21. The average Bonchev–Trinajstić information content (AvgIpc) is 2.63. The van der Waals surface area contributed by atoms with Gasteiger partial charge in [-0.2, -0.15) is 0 Å². The van der Waals surface area contributed by atoms with Gasteiger partial charge in [-0.1, -0.05) is 25.9 Å². The zero-order chi connectivity index (χ0) is 12.1. The summed E-state index contributed by atoms with van der Waals surface area (Å²) in [5, 5.41) is 12.8. The molecule has 2 fully saturated rings. The summed E-state index contributed by atoms with van der Waals surface area (Å²) in [6, 6.07) is 0. The highest BCUT2D eigenvalue weighted by molar-refractivity contribution is 5.92. The van der Waals surface area contributed by atoms with E-state index < -0.39 is 0 Å². The lowest BCUT2D eigenvalue weighted by Crippen LogP contribution is -2.43. The summed E-state index contributed by atoms with van der Waals surface area (Å²) in [4.78, 5) is 2.21. The lowest BCUT2D eigenvalue weighted by Gasteiger charge is -2.41. The van der Waals surface area contributed by atoms with Crippen LogP contribution in [0.4, 0.5) is 0 Å². The van der Waals surface area contributed by atoms with Gasteiger partial charge in [-0.25, -0.2) is 0 Å². The Hall–Kier alpha value is -0.570. The van der Waals surface area contributed by atoms with Gasteiger partial charge in [-0.05, 0) is 37.8 Å². The molecule has 1 N–H and O–H groups in total. The molecule has 92 valence electrons. The molecule has 3 nitrogen and oxygen atoms in total. The highest BCUT2D eigenvalue weighted by atomic mass is 16.4. The summed E-state index contributed by atoms with van der Waals surface area (Å²) in [7, 11) is 4.19. The van der Waals surface area contributed by atoms with Crippen molar-refractivity contribution in [1.29, 1.82) is 0 Å². The summed E-state index contributed by atoms with van der Waals surface area (Å²) < 4.78 is 0. The Balaban J connectivity index is 2.27. The molecule has 2 aliphatic carbocycles. The Morgan fingerprint density at radius 2 is 2.06 bits per heavy atom. The average molecular weight is 224 g/mol. The van der Waals surface area contributed by atoms with E-state index in [-0.39, 0.29) is 0 Å². The summed E-state index contributed by atoms with van der Waals surface area (Å²) in [6.45, 7) is 8.07. The van der Waals surface area contributed by atoms with Crippen molar-refractivity contribution in [2.75, 3.05) is 20.6 Å². The molecule has 0 radical (unpaired) electrons. The number of rotatable bonds is 2. The third-order valence-corrected chi connectivity index (χ3v) is 5.16. The van der Waals surface area contributed by atoms with Gasteiger partial charge in [0.25, 0.3) is 0 Å². The number of hydrogen-bond acceptors (Lipinski definition) is 3. The van der Waals surface area contributed by atoms with Gasteiger partial charge in [0, 0.05) is 18.4 Å². The zero-order valence-electron chi connectivity index (χ0n) is 11.1. The van der Waals surface area contributed by atoms with Gasteiger partial charge < -0.3 is 10.1 Å². The van der Waals surface area contributed by atoms with Crippen LogP contribution in [0.1, 0.15) is 27.2 Å². The van der Waals surface area contributed by atoms with E-state index in [4.69, 9.17) is 0 Å². The van der Waals surface area contributed by atoms with Crippen LogP contribution in [-0.4, -0.2) is 36.5 Å². The van der Waals surface area contributed by atoms with Gasteiger partial charge in [-0.3, -0.25) is 0 Å². The SMILES string of the molecule is C[C@H]1[C@H]2C[C@@H]([C@@H](CN(C)C)C2=NO)C1(C)C. The van der Waals surface area contributed by atoms with E-state index in [9.17, 15) is 5.21 Å². The molecule has 0 saturated heterocycles. The number of fused-ring (bicyclic) bond motifs is 2. The van der Waals surface area contributed by atoms with E-state index in [0.29, 0.717) is 29.1 Å². The van der Waals surface area contributed by atoms with Gasteiger partial charge in [0.1, 0.15) is 0 Å². The van der Waals surface area contributed by atoms with Crippen molar-refractivity contribution in [3.05, 3.63) is 0 Å². The van der Waals surface area contributed by atoms with Gasteiger partial charge in [0.15, 0.2) is 0 Å². The van der Waals surface area contributed by atoms with E-state index in [1.807, 2.05) is 0 Å². The van der Waals surface area contributed by atoms with Crippen molar-refractivity contribution >= 4 is 5.71 Å². The first-order chi connectivity index (χ1) is 7.39. The van der Waals surface area contributed by atoms with Crippen LogP contribution in [0.3, 0.4) is 0 Å². The quantitative estimate of drug-likeness (QED) is 0.577. The molecule has 0 aromatic carbocycles. The second-order valence-electron chi connectivity index (χ2n) is 6.45. The fourth-order valence-electron chi connectivity index (χ4n) is 3.94. The standard InChI is InChI=1S/C13H24N2O/c1-8-9-6-11(13(8,2)3)10(7-15(4)5)12(9)14-16/h8-11,16H,6-7H2,1-5H3/t8-,9+,10+,11-/m0/s1. The van der Waals surface area contributed by atoms with Crippen LogP contribution in [0, 0.1) is 29.1 Å². The van der Waals surface area contributed by atoms with Crippen LogP contribution in [0.5, 0.6) is 0 Å². The molecule has 0 unspecified atom stereocenters. The minimum absolute atomic E-state index is 0.388. The Bertz CT molecular complexity index is 309. The maximum atomic E-state index is 9.23. The summed E-state index contributed by atoms with van der Waals surface area (Å²) in [5.41, 5.74) is 1.45. The summed E-state index contributed by atoms with van der Waals surface area (Å²) in [5.74, 6) is 2.29. The van der Waals surface area contributed by atoms with Crippen LogP contribution in [0.15, 0.2) is 5.16 Å². The molecule has 0 amide bonds. The third kappa shape index (κ3) is 1.48. The number of oxime groups is 1. The van der Waals surface area contributed by atoms with Crippen LogP contribution in [-0.2, 0) is 0 Å². The van der Waals surface area contributed by atoms with Crippen molar-refractivity contribution in [2.24, 2.45) is 34.2 Å². The molecule has 0 aliphatic heterocycles. The van der Waals surface area contributed by atoms with Crippen molar-refractivity contribution in [1.82, 2.24) is 4.90 Å². The van der Waals surface area contributed by atoms with Crippen molar-refractivity contribution < 1.29 is 5.21 Å². The van der Waals surface area contributed by atoms with Crippen molar-refractivity contribution in [2.45, 2.75) is 27.2 Å². The molecular weight excluding hydrogens is 200 g/mol. The monoisotopic (exact) mass is 224 g/mol. The predicted octanol–water partition coefficient (Wildman–Crippen LogP) is 2.31. The molecular formula is C13H24N2O. The third-order valence-electron chi connectivity index (χ3n) is 5.16. The van der Waals surface area contributed by atoms with Crippen molar-refractivity contribution in [3.63, 3.8) is 0 Å². The number of hydrogen-bond donors (Lipinski definition) is 1. The molecule has 2 aliphatic rings. The van der Waals surface area contributed by atoms with E-state index in [1.54, 1.807) is 0 Å². The van der Waals surface area contributed by atoms with Gasteiger partial charge >= 0.3 is 0 Å². The highest BCUT2D eigenvalue weighted by Gasteiger charge is 2.58. The molecule has 0 spiro atoms. The maximum absolute atomic E-state index is 9.23. The molecule has 4 atom stereocenters. The second-order valence-corrected chi connectivity index (χ2v) is 6.45. The lowest BCUT2D eigenvalue weighted by molar-refractivity contribution is 0.128. The molecule has 0 aromatic heterocycles. The van der Waals surface area contributed by atoms with Gasteiger partial charge in [0.05, 0.1) is 5.71 Å². The Kier molecular flexibility index (Phi) is 2.77. The normalized spacial score (nSPS) is 43.5. The second kappa shape index (κ2) is 3.73. The topological polar surface area (TPSA) is 35.8 Å². The Morgan fingerprint density at radius 1 is 1.44 bits per heavy atom. The molecule has 2 bridgehead atoms. The Labute approximate surface area is 98.5 Å². The number of nitrogens with zero attached hydrogens (tertiary/aromatic N) is 2. The highest BCUT2D eigenvalue weighted by Crippen LogP contribution is 2.60. The van der Waals surface area contributed by atoms with Crippen LogP contribution in [0.2, 0.25) is 0 Å². The van der Waals surface area contributed by atoms with Gasteiger partial charge in [-0.15, -0.1) is 0 Å². The fraction of sp³-hybridized carbons (Fsp3) is 0.923. The first kappa shape index (κ1) is 11.9. The van der Waals surface area contributed by atoms with E-state index in [2.05, 4.69) is 44.9 Å². The zero-order valence-corrected chi connectivity index (χ0v) is 11.1. The van der Waals surface area contributed by atoms with E-state index >= 15 is 0 Å². The van der Waals surface area contributed by atoms with Crippen LogP contribution >= 0.6 is 0 Å². The molecule has 0 aromatic rings. The van der Waals surface area contributed by atoms with Gasteiger partial charge in [0.2, 0.25) is 0 Å².